The Morgan fingerprint density at radius 1 is 0.758 bits per heavy atom. The first-order valence-corrected chi connectivity index (χ1v) is 9.92. The van der Waals surface area contributed by atoms with E-state index in [2.05, 4.69) is 0 Å². The van der Waals surface area contributed by atoms with Crippen molar-refractivity contribution in [3.05, 3.63) is 94.1 Å². The summed E-state index contributed by atoms with van der Waals surface area (Å²) in [4.78, 5) is 0. The van der Waals surface area contributed by atoms with Crippen LogP contribution >= 0.6 is 0 Å². The number of aryl methyl sites for hydroxylation is 1. The molecule has 0 saturated heterocycles. The van der Waals surface area contributed by atoms with Gasteiger partial charge in [-0.15, -0.1) is 0 Å². The third-order valence-corrected chi connectivity index (χ3v) is 4.74. The highest BCUT2D eigenvalue weighted by molar-refractivity contribution is 5.73. The van der Waals surface area contributed by atoms with Gasteiger partial charge in [-0.2, -0.15) is 13.2 Å². The third kappa shape index (κ3) is 6.26. The normalized spacial score (nSPS) is 11.5. The molecule has 3 aromatic rings. The molecule has 0 aliphatic rings. The number of halogens is 7. The minimum atomic E-state index is -4.91. The minimum absolute atomic E-state index is 0.142. The lowest BCUT2D eigenvalue weighted by Gasteiger charge is -2.07. The maximum absolute atomic E-state index is 14.6. The van der Waals surface area contributed by atoms with Crippen molar-refractivity contribution in [3.8, 4) is 23.0 Å². The van der Waals surface area contributed by atoms with Gasteiger partial charge in [-0.1, -0.05) is 49.6 Å². The molecule has 0 radical (unpaired) electrons. The number of alkyl halides is 3. The van der Waals surface area contributed by atoms with Crippen LogP contribution in [-0.2, 0) is 6.42 Å². The largest absolute Gasteiger partial charge is 0.458 e. The van der Waals surface area contributed by atoms with Crippen molar-refractivity contribution in [2.75, 3.05) is 0 Å². The average molecular weight is 462 g/mol. The van der Waals surface area contributed by atoms with E-state index in [1.165, 1.54) is 5.92 Å². The Hall–Kier alpha value is -3.53. The topological polar surface area (TPSA) is 0 Å². The highest BCUT2D eigenvalue weighted by Crippen LogP contribution is 2.27. The Kier molecular flexibility index (Phi) is 7.27. The maximum atomic E-state index is 14.6. The van der Waals surface area contributed by atoms with Crippen molar-refractivity contribution in [3.63, 3.8) is 0 Å². The lowest BCUT2D eigenvalue weighted by atomic mass is 10.00. The highest BCUT2D eigenvalue weighted by Gasteiger charge is 2.23. The summed E-state index contributed by atoms with van der Waals surface area (Å²) in [5.74, 6) is -2.22. The summed E-state index contributed by atoms with van der Waals surface area (Å²) >= 11 is 0. The molecule has 170 valence electrons. The fourth-order valence-electron chi connectivity index (χ4n) is 3.18. The molecule has 3 aromatic carbocycles. The molecule has 0 saturated carbocycles. The molecule has 33 heavy (non-hydrogen) atoms. The lowest BCUT2D eigenvalue weighted by Crippen LogP contribution is -2.02. The Morgan fingerprint density at radius 2 is 1.33 bits per heavy atom. The fourth-order valence-corrected chi connectivity index (χ4v) is 3.18. The molecule has 0 aliphatic heterocycles. The Labute approximate surface area is 186 Å². The molecule has 0 fully saturated rings. The van der Waals surface area contributed by atoms with Crippen LogP contribution in [0.15, 0.2) is 48.5 Å². The first-order valence-electron chi connectivity index (χ1n) is 9.92. The molecule has 0 aromatic heterocycles. The van der Waals surface area contributed by atoms with Gasteiger partial charge < -0.3 is 0 Å². The van der Waals surface area contributed by atoms with Crippen molar-refractivity contribution in [2.24, 2.45) is 0 Å². The van der Waals surface area contributed by atoms with Crippen LogP contribution in [-0.4, -0.2) is 6.18 Å². The number of hydrogen-bond acceptors (Lipinski definition) is 0. The summed E-state index contributed by atoms with van der Waals surface area (Å²) in [5, 5.41) is 0. The molecule has 0 nitrogen and oxygen atoms in total. The summed E-state index contributed by atoms with van der Waals surface area (Å²) in [6, 6.07) is 11.0. The number of benzene rings is 3. The third-order valence-electron chi connectivity index (χ3n) is 4.74. The molecule has 0 bridgehead atoms. The van der Waals surface area contributed by atoms with Crippen LogP contribution in [0.1, 0.15) is 35.6 Å². The molecule has 0 amide bonds. The molecule has 0 atom stereocenters. The SMILES string of the molecule is CCCc1ccc(-c2cc(F)c(/C=C/c3cc(F)c(C#CC(F)(F)F)c(F)c3)c(F)c2)cc1. The zero-order chi connectivity index (χ0) is 24.2. The van der Waals surface area contributed by atoms with Gasteiger partial charge in [0.25, 0.3) is 0 Å². The summed E-state index contributed by atoms with van der Waals surface area (Å²) in [5.41, 5.74) is 0.450. The zero-order valence-electron chi connectivity index (χ0n) is 17.3. The monoisotopic (exact) mass is 462 g/mol. The average Bonchev–Trinajstić information content (AvgIpc) is 2.72. The van der Waals surface area contributed by atoms with Gasteiger partial charge in [-0.05, 0) is 59.0 Å². The predicted octanol–water partition coefficient (Wildman–Crippen LogP) is 7.95. The van der Waals surface area contributed by atoms with Gasteiger partial charge in [0.1, 0.15) is 23.3 Å². The van der Waals surface area contributed by atoms with Crippen molar-refractivity contribution >= 4 is 12.2 Å². The second-order valence-electron chi connectivity index (χ2n) is 7.24. The van der Waals surface area contributed by atoms with Crippen LogP contribution < -0.4 is 0 Å². The smallest absolute Gasteiger partial charge is 0.206 e. The van der Waals surface area contributed by atoms with Crippen molar-refractivity contribution < 1.29 is 30.7 Å². The Balaban J connectivity index is 1.87. The standard InChI is InChI=1S/C26H17F7/c1-2-3-16-4-7-18(8-5-16)19-14-24(29)20(25(30)15-19)9-6-17-12-22(27)21(23(28)13-17)10-11-26(31,32)33/h4-9,12-15H,2-3H2,1H3/b9-6+. The van der Waals surface area contributed by atoms with E-state index in [9.17, 15) is 30.7 Å². The predicted molar refractivity (Wildman–Crippen MR) is 114 cm³/mol. The Bertz CT molecular complexity index is 1190. The molecular formula is C26H17F7. The van der Waals surface area contributed by atoms with Gasteiger partial charge in [0.15, 0.2) is 0 Å². The van der Waals surface area contributed by atoms with E-state index in [1.54, 1.807) is 12.1 Å². The van der Waals surface area contributed by atoms with Gasteiger partial charge in [-0.3, -0.25) is 0 Å². The van der Waals surface area contributed by atoms with E-state index < -0.39 is 40.6 Å². The molecule has 0 heterocycles. The van der Waals surface area contributed by atoms with Crippen molar-refractivity contribution in [1.29, 1.82) is 0 Å². The quantitative estimate of drug-likeness (QED) is 0.205. The number of hydrogen-bond donors (Lipinski definition) is 0. The second-order valence-corrected chi connectivity index (χ2v) is 7.24. The van der Waals surface area contributed by atoms with Gasteiger partial charge >= 0.3 is 6.18 Å². The molecular weight excluding hydrogens is 445 g/mol. The second kappa shape index (κ2) is 9.95. The van der Waals surface area contributed by atoms with E-state index in [1.807, 2.05) is 19.1 Å². The molecule has 0 N–H and O–H groups in total. The highest BCUT2D eigenvalue weighted by atomic mass is 19.4. The first-order chi connectivity index (χ1) is 15.6. The van der Waals surface area contributed by atoms with Crippen LogP contribution in [0.25, 0.3) is 23.3 Å². The van der Waals surface area contributed by atoms with E-state index in [4.69, 9.17) is 0 Å². The molecule has 0 unspecified atom stereocenters. The van der Waals surface area contributed by atoms with Crippen molar-refractivity contribution in [2.45, 2.75) is 25.9 Å². The van der Waals surface area contributed by atoms with Gasteiger partial charge in [0.2, 0.25) is 0 Å². The van der Waals surface area contributed by atoms with E-state index in [0.29, 0.717) is 11.1 Å². The molecule has 0 spiro atoms. The summed E-state index contributed by atoms with van der Waals surface area (Å²) in [6.45, 7) is 2.05. The van der Waals surface area contributed by atoms with Crippen LogP contribution in [0, 0.1) is 35.1 Å². The molecule has 7 heteroatoms. The van der Waals surface area contributed by atoms with Crippen LogP contribution in [0.3, 0.4) is 0 Å². The van der Waals surface area contributed by atoms with E-state index >= 15 is 0 Å². The zero-order valence-corrected chi connectivity index (χ0v) is 17.3. The van der Waals surface area contributed by atoms with E-state index in [0.717, 1.165) is 60.7 Å². The summed E-state index contributed by atoms with van der Waals surface area (Å²) in [7, 11) is 0. The summed E-state index contributed by atoms with van der Waals surface area (Å²) in [6.07, 6.45) is -0.997. The van der Waals surface area contributed by atoms with E-state index in [-0.39, 0.29) is 5.56 Å². The number of rotatable bonds is 5. The van der Waals surface area contributed by atoms with Gasteiger partial charge in [-0.25, -0.2) is 17.6 Å². The fraction of sp³-hybridized carbons (Fsp3) is 0.154. The molecule has 3 rings (SSSR count). The van der Waals surface area contributed by atoms with Crippen LogP contribution in [0.2, 0.25) is 0 Å². The van der Waals surface area contributed by atoms with Crippen LogP contribution in [0.5, 0.6) is 0 Å². The summed E-state index contributed by atoms with van der Waals surface area (Å²) < 4.78 is 93.6. The lowest BCUT2D eigenvalue weighted by molar-refractivity contribution is -0.0696. The first kappa shape index (κ1) is 24.1. The van der Waals surface area contributed by atoms with Gasteiger partial charge in [0.05, 0.1) is 5.56 Å². The minimum Gasteiger partial charge on any atom is -0.206 e. The van der Waals surface area contributed by atoms with Gasteiger partial charge in [0, 0.05) is 11.5 Å². The van der Waals surface area contributed by atoms with Crippen LogP contribution in [0.4, 0.5) is 30.7 Å². The Morgan fingerprint density at radius 3 is 1.85 bits per heavy atom. The maximum Gasteiger partial charge on any atom is 0.458 e. The molecule has 0 aliphatic carbocycles. The van der Waals surface area contributed by atoms with Crippen molar-refractivity contribution in [1.82, 2.24) is 0 Å².